The van der Waals surface area contributed by atoms with E-state index in [9.17, 15) is 9.59 Å². The van der Waals surface area contributed by atoms with Crippen LogP contribution in [0.3, 0.4) is 0 Å². The lowest BCUT2D eigenvalue weighted by atomic mass is 10.2. The number of carbonyl (C=O) groups is 2. The van der Waals surface area contributed by atoms with Gasteiger partial charge in [-0.2, -0.15) is 0 Å². The molecule has 0 saturated carbocycles. The van der Waals surface area contributed by atoms with Gasteiger partial charge in [-0.05, 0) is 42.9 Å². The summed E-state index contributed by atoms with van der Waals surface area (Å²) in [5.41, 5.74) is 5.37. The van der Waals surface area contributed by atoms with Crippen molar-refractivity contribution < 1.29 is 14.3 Å². The molecular weight excluding hydrogens is 302 g/mol. The maximum absolute atomic E-state index is 11.9. The number of methoxy groups -OCH3 is 1. The first-order valence-corrected chi connectivity index (χ1v) is 7.52. The summed E-state index contributed by atoms with van der Waals surface area (Å²) in [4.78, 5) is 23.4. The normalized spacial score (nSPS) is 9.73. The Morgan fingerprint density at radius 1 is 1.14 bits per heavy atom. The van der Waals surface area contributed by atoms with Gasteiger partial charge in [-0.15, -0.1) is 0 Å². The molecule has 0 saturated heterocycles. The van der Waals surface area contributed by atoms with Crippen molar-refractivity contribution in [1.29, 1.82) is 0 Å². The fraction of sp³-hybridized carbons (Fsp3) is 0.400. The fourth-order valence-electron chi connectivity index (χ4n) is 1.68. The van der Waals surface area contributed by atoms with Gasteiger partial charge in [-0.25, -0.2) is 0 Å². The molecule has 0 aliphatic heterocycles. The van der Waals surface area contributed by atoms with Gasteiger partial charge in [0.1, 0.15) is 5.75 Å². The number of ether oxygens (including phenoxy) is 1. The van der Waals surface area contributed by atoms with Crippen LogP contribution in [-0.2, 0) is 4.79 Å². The smallest absolute Gasteiger partial charge is 0.269 e. The van der Waals surface area contributed by atoms with Crippen molar-refractivity contribution in [2.75, 3.05) is 7.11 Å². The number of unbranched alkanes of at least 4 members (excludes halogenated alkanes) is 2. The number of thiocarbonyl (C=S) groups is 1. The standard InChI is InChI=1S/C15H21N3O3S/c1-3-4-5-6-13(19)16-15(22)18-17-14(20)11-7-9-12(21-2)10-8-11/h7-10H,3-6H2,1-2H3,(H,17,20)(H2,16,18,19,22). The van der Waals surface area contributed by atoms with E-state index in [1.165, 1.54) is 0 Å². The topological polar surface area (TPSA) is 79.5 Å². The van der Waals surface area contributed by atoms with Crippen LogP contribution >= 0.6 is 12.2 Å². The molecule has 0 radical (unpaired) electrons. The molecule has 7 heteroatoms. The van der Waals surface area contributed by atoms with Crippen molar-refractivity contribution in [3.8, 4) is 5.75 Å². The molecule has 0 heterocycles. The maximum atomic E-state index is 11.9. The molecule has 120 valence electrons. The molecule has 0 atom stereocenters. The summed E-state index contributed by atoms with van der Waals surface area (Å²) in [5.74, 6) is 0.147. The minimum absolute atomic E-state index is 0.0726. The molecule has 1 rings (SSSR count). The van der Waals surface area contributed by atoms with Gasteiger partial charge in [0.15, 0.2) is 5.11 Å². The van der Waals surface area contributed by atoms with Crippen molar-refractivity contribution in [3.63, 3.8) is 0 Å². The molecule has 0 aliphatic rings. The molecule has 1 aromatic rings. The quantitative estimate of drug-likeness (QED) is 0.423. The van der Waals surface area contributed by atoms with Crippen molar-refractivity contribution in [1.82, 2.24) is 16.2 Å². The lowest BCUT2D eigenvalue weighted by Gasteiger charge is -2.11. The minimum atomic E-state index is -0.356. The van der Waals surface area contributed by atoms with E-state index < -0.39 is 0 Å². The van der Waals surface area contributed by atoms with Gasteiger partial charge in [-0.1, -0.05) is 19.8 Å². The molecule has 0 fully saturated rings. The highest BCUT2D eigenvalue weighted by Gasteiger charge is 2.07. The van der Waals surface area contributed by atoms with E-state index in [0.29, 0.717) is 17.7 Å². The van der Waals surface area contributed by atoms with E-state index in [1.807, 2.05) is 0 Å². The highest BCUT2D eigenvalue weighted by atomic mass is 32.1. The SMILES string of the molecule is CCCCCC(=O)NC(=S)NNC(=O)c1ccc(OC)cc1. The second kappa shape index (κ2) is 9.73. The number of hydrogen-bond acceptors (Lipinski definition) is 4. The zero-order valence-electron chi connectivity index (χ0n) is 12.8. The van der Waals surface area contributed by atoms with Crippen LogP contribution in [-0.4, -0.2) is 24.0 Å². The Balaban J connectivity index is 2.33. The summed E-state index contributed by atoms with van der Waals surface area (Å²) in [6.45, 7) is 2.07. The Morgan fingerprint density at radius 3 is 2.41 bits per heavy atom. The molecule has 2 amide bonds. The van der Waals surface area contributed by atoms with Gasteiger partial charge >= 0.3 is 0 Å². The van der Waals surface area contributed by atoms with Crippen molar-refractivity contribution in [3.05, 3.63) is 29.8 Å². The van der Waals surface area contributed by atoms with Gasteiger partial charge in [0.25, 0.3) is 5.91 Å². The first-order chi connectivity index (χ1) is 10.6. The van der Waals surface area contributed by atoms with E-state index in [2.05, 4.69) is 23.1 Å². The molecule has 0 spiro atoms. The molecule has 0 unspecified atom stereocenters. The Bertz CT molecular complexity index is 517. The van der Waals surface area contributed by atoms with Gasteiger partial charge < -0.3 is 10.1 Å². The van der Waals surface area contributed by atoms with Gasteiger partial charge in [0.05, 0.1) is 7.11 Å². The first-order valence-electron chi connectivity index (χ1n) is 7.11. The molecule has 0 bridgehead atoms. The summed E-state index contributed by atoms with van der Waals surface area (Å²) >= 11 is 4.94. The van der Waals surface area contributed by atoms with Crippen LogP contribution in [0.25, 0.3) is 0 Å². The average Bonchev–Trinajstić information content (AvgIpc) is 2.53. The van der Waals surface area contributed by atoms with Crippen LogP contribution < -0.4 is 20.9 Å². The van der Waals surface area contributed by atoms with Crippen LogP contribution in [0.15, 0.2) is 24.3 Å². The van der Waals surface area contributed by atoms with E-state index >= 15 is 0 Å². The van der Waals surface area contributed by atoms with Crippen LogP contribution in [0.4, 0.5) is 0 Å². The molecule has 1 aromatic carbocycles. The lowest BCUT2D eigenvalue weighted by Crippen LogP contribution is -2.48. The van der Waals surface area contributed by atoms with E-state index in [-0.39, 0.29) is 16.9 Å². The monoisotopic (exact) mass is 323 g/mol. The molecule has 3 N–H and O–H groups in total. The summed E-state index contributed by atoms with van der Waals surface area (Å²) in [6.07, 6.45) is 3.29. The highest BCUT2D eigenvalue weighted by molar-refractivity contribution is 7.80. The first kappa shape index (κ1) is 17.9. The number of amides is 2. The number of benzene rings is 1. The predicted molar refractivity (Wildman–Crippen MR) is 88.5 cm³/mol. The second-order valence-electron chi connectivity index (χ2n) is 4.64. The Labute approximate surface area is 135 Å². The summed E-state index contributed by atoms with van der Waals surface area (Å²) in [5, 5.41) is 2.58. The average molecular weight is 323 g/mol. The highest BCUT2D eigenvalue weighted by Crippen LogP contribution is 2.10. The number of rotatable bonds is 6. The number of hydrogen-bond donors (Lipinski definition) is 3. The third-order valence-corrected chi connectivity index (χ3v) is 3.11. The van der Waals surface area contributed by atoms with Crippen LogP contribution in [0.1, 0.15) is 43.0 Å². The van der Waals surface area contributed by atoms with Crippen LogP contribution in [0.2, 0.25) is 0 Å². The molecule has 0 aromatic heterocycles. The zero-order valence-corrected chi connectivity index (χ0v) is 13.6. The zero-order chi connectivity index (χ0) is 16.4. The Kier molecular flexibility index (Phi) is 7.91. The van der Waals surface area contributed by atoms with Gasteiger partial charge in [0.2, 0.25) is 5.91 Å². The molecular formula is C15H21N3O3S. The third-order valence-electron chi connectivity index (χ3n) is 2.90. The fourth-order valence-corrected chi connectivity index (χ4v) is 1.85. The largest absolute Gasteiger partial charge is 0.497 e. The van der Waals surface area contributed by atoms with Crippen LogP contribution in [0.5, 0.6) is 5.75 Å². The van der Waals surface area contributed by atoms with E-state index in [0.717, 1.165) is 19.3 Å². The Hall–Kier alpha value is -2.15. The van der Waals surface area contributed by atoms with Crippen molar-refractivity contribution in [2.45, 2.75) is 32.6 Å². The van der Waals surface area contributed by atoms with Crippen molar-refractivity contribution in [2.24, 2.45) is 0 Å². The lowest BCUT2D eigenvalue weighted by molar-refractivity contribution is -0.119. The van der Waals surface area contributed by atoms with Gasteiger partial charge in [-0.3, -0.25) is 20.4 Å². The number of hydrazine groups is 1. The number of nitrogens with one attached hydrogen (secondary N) is 3. The Morgan fingerprint density at radius 2 is 1.82 bits per heavy atom. The van der Waals surface area contributed by atoms with Crippen molar-refractivity contribution >= 4 is 29.1 Å². The minimum Gasteiger partial charge on any atom is -0.497 e. The summed E-state index contributed by atoms with van der Waals surface area (Å²) in [7, 11) is 1.55. The summed E-state index contributed by atoms with van der Waals surface area (Å²) in [6, 6.07) is 6.62. The molecule has 6 nitrogen and oxygen atoms in total. The third kappa shape index (κ3) is 6.53. The van der Waals surface area contributed by atoms with E-state index in [1.54, 1.807) is 31.4 Å². The number of carbonyl (C=O) groups excluding carboxylic acids is 2. The predicted octanol–water partition coefficient (Wildman–Crippen LogP) is 1.91. The molecule has 0 aliphatic carbocycles. The summed E-state index contributed by atoms with van der Waals surface area (Å²) < 4.78 is 5.02. The van der Waals surface area contributed by atoms with Gasteiger partial charge in [0, 0.05) is 12.0 Å². The molecule has 22 heavy (non-hydrogen) atoms. The van der Waals surface area contributed by atoms with Crippen LogP contribution in [0, 0.1) is 0 Å². The maximum Gasteiger partial charge on any atom is 0.269 e. The second-order valence-corrected chi connectivity index (χ2v) is 5.05. The van der Waals surface area contributed by atoms with E-state index in [4.69, 9.17) is 17.0 Å².